The molecule has 0 amide bonds. The first-order valence-electron chi connectivity index (χ1n) is 8.84. The van der Waals surface area contributed by atoms with Gasteiger partial charge in [-0.15, -0.1) is 0 Å². The zero-order chi connectivity index (χ0) is 20.4. The third-order valence-electron chi connectivity index (χ3n) is 4.02. The molecule has 0 aliphatic carbocycles. The number of rotatable bonds is 12. The van der Waals surface area contributed by atoms with Crippen LogP contribution in [-0.2, 0) is 9.13 Å². The highest BCUT2D eigenvalue weighted by molar-refractivity contribution is 7.68. The molecular weight excluding hydrogens is 374 g/mol. The Hall–Kier alpha value is -0.480. The second-order valence-electron chi connectivity index (χ2n) is 6.98. The lowest BCUT2D eigenvalue weighted by atomic mass is 10.1. The van der Waals surface area contributed by atoms with Crippen molar-refractivity contribution < 1.29 is 28.7 Å². The molecule has 0 heterocycles. The van der Waals surface area contributed by atoms with E-state index in [-0.39, 0.29) is 12.8 Å². The molecule has 2 atom stereocenters. The van der Waals surface area contributed by atoms with E-state index < -0.39 is 20.6 Å². The average molecular weight is 405 g/mol. The van der Waals surface area contributed by atoms with Crippen LogP contribution in [0.25, 0.3) is 0 Å². The van der Waals surface area contributed by atoms with Crippen LogP contribution in [-0.4, -0.2) is 10.3 Å². The van der Waals surface area contributed by atoms with Crippen molar-refractivity contribution in [1.29, 1.82) is 0 Å². The van der Waals surface area contributed by atoms with Gasteiger partial charge >= 0.3 is 0 Å². The summed E-state index contributed by atoms with van der Waals surface area (Å²) in [4.78, 5) is 41.8. The van der Waals surface area contributed by atoms with Crippen LogP contribution >= 0.6 is 15.2 Å². The molecule has 0 fully saturated rings. The summed E-state index contributed by atoms with van der Waals surface area (Å²) in [5, 5.41) is -2.23. The van der Waals surface area contributed by atoms with Crippen LogP contribution in [0.15, 0.2) is 34.9 Å². The van der Waals surface area contributed by atoms with Gasteiger partial charge in [0.25, 0.3) is 0 Å². The van der Waals surface area contributed by atoms with E-state index in [4.69, 9.17) is 4.89 Å². The maximum absolute atomic E-state index is 11.0. The number of unbranched alkanes of at least 4 members (excludes halogenated alkanes) is 1. The zero-order valence-electron chi connectivity index (χ0n) is 16.1. The van der Waals surface area contributed by atoms with Gasteiger partial charge in [-0.3, -0.25) is 0 Å². The highest BCUT2D eigenvalue weighted by atomic mass is 31.2. The van der Waals surface area contributed by atoms with Gasteiger partial charge in [0.05, 0.1) is 5.40 Å². The molecule has 0 aromatic carbocycles. The Balaban J connectivity index is 4.28. The standard InChI is InChI=1S/C18H34O6P2/c1-15(2)9-7-11-17(4)13-8-12-16(3)10-5-6-14-18(25(19,20)21)26(22,23)24/h9-10,13,18H,5-8,11-12,14H2,1-4H3,(H2,19,20,21)(H2,22,23,24)/p-3/b16-10+,17-13+. The van der Waals surface area contributed by atoms with Gasteiger partial charge in [0.15, 0.2) is 0 Å². The molecule has 0 bridgehead atoms. The van der Waals surface area contributed by atoms with E-state index >= 15 is 0 Å². The maximum Gasteiger partial charge on any atom is 0.140 e. The van der Waals surface area contributed by atoms with Gasteiger partial charge in [-0.1, -0.05) is 42.5 Å². The van der Waals surface area contributed by atoms with Gasteiger partial charge < -0.3 is 28.7 Å². The van der Waals surface area contributed by atoms with Gasteiger partial charge in [0.2, 0.25) is 0 Å². The SMILES string of the molecule is CC(C)=CCC/C(C)=C/CC/C(C)=C/CCCC(P(=O)([O-])[O-])P(=O)([O-])O. The quantitative estimate of drug-likeness (QED) is 0.302. The molecule has 0 saturated carbocycles. The van der Waals surface area contributed by atoms with Gasteiger partial charge in [-0.05, 0) is 72.6 Å². The van der Waals surface area contributed by atoms with Crippen molar-refractivity contribution in [3.05, 3.63) is 34.9 Å². The highest BCUT2D eigenvalue weighted by Crippen LogP contribution is 2.54. The summed E-state index contributed by atoms with van der Waals surface area (Å²) in [6.07, 6.45) is 10.5. The fourth-order valence-electron chi connectivity index (χ4n) is 2.49. The fraction of sp³-hybridized carbons (Fsp3) is 0.667. The van der Waals surface area contributed by atoms with E-state index in [0.717, 1.165) is 31.3 Å². The van der Waals surface area contributed by atoms with Crippen molar-refractivity contribution in [3.63, 3.8) is 0 Å². The Labute approximate surface area is 157 Å². The number of hydrogen-bond donors (Lipinski definition) is 1. The molecule has 2 unspecified atom stereocenters. The lowest BCUT2D eigenvalue weighted by Gasteiger charge is -2.42. The lowest BCUT2D eigenvalue weighted by molar-refractivity contribution is -0.316. The largest absolute Gasteiger partial charge is 0.810 e. The van der Waals surface area contributed by atoms with E-state index in [2.05, 4.69) is 32.9 Å². The maximum atomic E-state index is 11.0. The molecule has 0 saturated heterocycles. The van der Waals surface area contributed by atoms with E-state index in [1.165, 1.54) is 11.1 Å². The second-order valence-corrected chi connectivity index (χ2v) is 10.8. The third-order valence-corrected chi connectivity index (χ3v) is 7.75. The van der Waals surface area contributed by atoms with Crippen molar-refractivity contribution in [2.45, 2.75) is 78.0 Å². The van der Waals surface area contributed by atoms with Crippen molar-refractivity contribution in [1.82, 2.24) is 0 Å². The molecule has 0 rings (SSSR count). The zero-order valence-corrected chi connectivity index (χ0v) is 17.9. The van der Waals surface area contributed by atoms with E-state index in [9.17, 15) is 23.8 Å². The van der Waals surface area contributed by atoms with Crippen molar-refractivity contribution >= 4 is 15.2 Å². The molecule has 0 aliphatic rings. The van der Waals surface area contributed by atoms with Crippen LogP contribution in [0.2, 0.25) is 0 Å². The van der Waals surface area contributed by atoms with Gasteiger partial charge in [-0.25, -0.2) is 0 Å². The lowest BCUT2D eigenvalue weighted by Crippen LogP contribution is -2.29. The van der Waals surface area contributed by atoms with E-state index in [1.54, 1.807) is 0 Å². The molecule has 8 heteroatoms. The minimum atomic E-state index is -5.36. The average Bonchev–Trinajstić information content (AvgIpc) is 2.43. The van der Waals surface area contributed by atoms with Gasteiger partial charge in [0.1, 0.15) is 7.60 Å². The summed E-state index contributed by atoms with van der Waals surface area (Å²) < 4.78 is 21.9. The third kappa shape index (κ3) is 12.8. The van der Waals surface area contributed by atoms with Crippen LogP contribution in [0.3, 0.4) is 0 Å². The molecule has 152 valence electrons. The molecule has 6 nitrogen and oxygen atoms in total. The van der Waals surface area contributed by atoms with Crippen molar-refractivity contribution in [2.24, 2.45) is 0 Å². The topological polar surface area (TPSA) is 124 Å². The predicted molar refractivity (Wildman–Crippen MR) is 100 cm³/mol. The minimum Gasteiger partial charge on any atom is -0.810 e. The normalized spacial score (nSPS) is 16.9. The molecule has 0 aliphatic heterocycles. The van der Waals surface area contributed by atoms with Crippen LogP contribution in [0.1, 0.15) is 72.6 Å². The van der Waals surface area contributed by atoms with E-state index in [0.29, 0.717) is 6.42 Å². The van der Waals surface area contributed by atoms with Gasteiger partial charge in [0, 0.05) is 0 Å². The van der Waals surface area contributed by atoms with Crippen molar-refractivity contribution in [2.75, 3.05) is 0 Å². The van der Waals surface area contributed by atoms with Crippen LogP contribution < -0.4 is 14.7 Å². The molecule has 0 aromatic heterocycles. The summed E-state index contributed by atoms with van der Waals surface area (Å²) >= 11 is 0. The first kappa shape index (κ1) is 25.5. The Morgan fingerprint density at radius 2 is 1.35 bits per heavy atom. The molecule has 0 spiro atoms. The summed E-state index contributed by atoms with van der Waals surface area (Å²) in [5.74, 6) is 0. The summed E-state index contributed by atoms with van der Waals surface area (Å²) in [6, 6.07) is 0. The van der Waals surface area contributed by atoms with Crippen molar-refractivity contribution in [3.8, 4) is 0 Å². The molecule has 1 N–H and O–H groups in total. The predicted octanol–water partition coefficient (Wildman–Crippen LogP) is 3.36. The first-order valence-corrected chi connectivity index (χ1v) is 12.1. The van der Waals surface area contributed by atoms with Gasteiger partial charge in [-0.2, -0.15) is 0 Å². The molecular formula is C18H31O6P2-3. The summed E-state index contributed by atoms with van der Waals surface area (Å²) in [7, 11) is -10.5. The fourth-order valence-corrected chi connectivity index (χ4v) is 4.93. The Morgan fingerprint density at radius 1 is 0.885 bits per heavy atom. The second kappa shape index (κ2) is 12.1. The molecule has 0 aromatic rings. The van der Waals surface area contributed by atoms with E-state index in [1.807, 2.05) is 13.0 Å². The summed E-state index contributed by atoms with van der Waals surface area (Å²) in [6.45, 7) is 8.23. The summed E-state index contributed by atoms with van der Waals surface area (Å²) in [5.41, 5.74) is 3.78. The first-order chi connectivity index (χ1) is 11.8. The number of allylic oxidation sites excluding steroid dienone is 6. The Kier molecular flexibility index (Phi) is 11.8. The molecule has 26 heavy (non-hydrogen) atoms. The monoisotopic (exact) mass is 405 g/mol. The van der Waals surface area contributed by atoms with Crippen LogP contribution in [0.4, 0.5) is 0 Å². The minimum absolute atomic E-state index is 0.209. The Morgan fingerprint density at radius 3 is 1.77 bits per heavy atom. The highest BCUT2D eigenvalue weighted by Gasteiger charge is 2.23. The molecule has 0 radical (unpaired) electrons. The number of hydrogen-bond acceptors (Lipinski definition) is 5. The van der Waals surface area contributed by atoms with Crippen LogP contribution in [0, 0.1) is 0 Å². The van der Waals surface area contributed by atoms with Crippen LogP contribution in [0.5, 0.6) is 0 Å². The Bertz CT molecular complexity index is 583. The smallest absolute Gasteiger partial charge is 0.140 e.